The summed E-state index contributed by atoms with van der Waals surface area (Å²) in [5, 5.41) is 0. The van der Waals surface area contributed by atoms with Crippen LogP contribution in [0.15, 0.2) is 0 Å². The van der Waals surface area contributed by atoms with Gasteiger partial charge in [0.15, 0.2) is 0 Å². The number of likely N-dealkylation sites (tertiary alicyclic amines) is 1. The van der Waals surface area contributed by atoms with Crippen molar-refractivity contribution in [3.63, 3.8) is 0 Å². The lowest BCUT2D eigenvalue weighted by molar-refractivity contribution is -0.137. The van der Waals surface area contributed by atoms with Gasteiger partial charge >= 0.3 is 0 Å². The normalized spacial score (nSPS) is 27.5. The van der Waals surface area contributed by atoms with Gasteiger partial charge in [-0.1, -0.05) is 0 Å². The first-order chi connectivity index (χ1) is 6.77. The number of carbonyl (C=O) groups excluding carboxylic acids is 1. The molecule has 1 atom stereocenters. The van der Waals surface area contributed by atoms with Crippen molar-refractivity contribution in [1.82, 2.24) is 4.90 Å². The molecule has 0 aromatic carbocycles. The summed E-state index contributed by atoms with van der Waals surface area (Å²) < 4.78 is 5.24. The van der Waals surface area contributed by atoms with Gasteiger partial charge in [-0.2, -0.15) is 0 Å². The van der Waals surface area contributed by atoms with Gasteiger partial charge in [-0.15, -0.1) is 12.4 Å². The fourth-order valence-electron chi connectivity index (χ4n) is 2.19. The van der Waals surface area contributed by atoms with E-state index in [-0.39, 0.29) is 24.4 Å². The van der Waals surface area contributed by atoms with E-state index in [0.717, 1.165) is 45.6 Å². The van der Waals surface area contributed by atoms with Crippen LogP contribution in [0.5, 0.6) is 0 Å². The molecule has 2 heterocycles. The van der Waals surface area contributed by atoms with Crippen LogP contribution in [0.25, 0.3) is 0 Å². The number of halogens is 1. The number of rotatable bonds is 1. The molecule has 0 saturated carbocycles. The molecule has 4 nitrogen and oxygen atoms in total. The Morgan fingerprint density at radius 2 is 1.93 bits per heavy atom. The highest BCUT2D eigenvalue weighted by molar-refractivity contribution is 5.85. The van der Waals surface area contributed by atoms with Gasteiger partial charge in [0, 0.05) is 38.3 Å². The van der Waals surface area contributed by atoms with E-state index in [9.17, 15) is 4.79 Å². The zero-order valence-electron chi connectivity index (χ0n) is 8.85. The van der Waals surface area contributed by atoms with Crippen molar-refractivity contribution in [1.29, 1.82) is 0 Å². The number of hydrogen-bond acceptors (Lipinski definition) is 3. The second kappa shape index (κ2) is 5.68. The number of amides is 1. The first kappa shape index (κ1) is 12.7. The summed E-state index contributed by atoms with van der Waals surface area (Å²) in [4.78, 5) is 13.9. The summed E-state index contributed by atoms with van der Waals surface area (Å²) in [5.41, 5.74) is 5.77. The van der Waals surface area contributed by atoms with Gasteiger partial charge in [0.05, 0.1) is 0 Å². The minimum absolute atomic E-state index is 0. The molecule has 2 aliphatic rings. The zero-order valence-corrected chi connectivity index (χ0v) is 9.67. The van der Waals surface area contributed by atoms with Crippen LogP contribution in [0.4, 0.5) is 0 Å². The first-order valence-electron chi connectivity index (χ1n) is 5.39. The van der Waals surface area contributed by atoms with Gasteiger partial charge in [-0.05, 0) is 19.3 Å². The number of nitrogens with two attached hydrogens (primary N) is 1. The summed E-state index contributed by atoms with van der Waals surface area (Å²) in [5.74, 6) is 0.482. The molecular weight excluding hydrogens is 216 g/mol. The molecule has 5 heteroatoms. The molecule has 0 radical (unpaired) electrons. The molecule has 1 amide bonds. The van der Waals surface area contributed by atoms with Crippen molar-refractivity contribution in [3.8, 4) is 0 Å². The van der Waals surface area contributed by atoms with Gasteiger partial charge in [0.25, 0.3) is 0 Å². The van der Waals surface area contributed by atoms with E-state index in [0.29, 0.717) is 5.91 Å². The highest BCUT2D eigenvalue weighted by Gasteiger charge is 2.30. The van der Waals surface area contributed by atoms with Crippen molar-refractivity contribution in [2.45, 2.75) is 25.3 Å². The fraction of sp³-hybridized carbons (Fsp3) is 0.900. The van der Waals surface area contributed by atoms with Gasteiger partial charge in [0.2, 0.25) is 5.91 Å². The lowest BCUT2D eigenvalue weighted by Gasteiger charge is -2.26. The van der Waals surface area contributed by atoms with Gasteiger partial charge in [0.1, 0.15) is 0 Å². The topological polar surface area (TPSA) is 55.6 Å². The number of carbonyl (C=O) groups is 1. The Kier molecular flexibility index (Phi) is 4.83. The molecule has 2 fully saturated rings. The predicted molar refractivity (Wildman–Crippen MR) is 60.0 cm³/mol. The minimum Gasteiger partial charge on any atom is -0.381 e. The Labute approximate surface area is 96.5 Å². The maximum absolute atomic E-state index is 12.0. The molecule has 2 N–H and O–H groups in total. The molecule has 0 unspecified atom stereocenters. The maximum Gasteiger partial charge on any atom is 0.225 e. The Morgan fingerprint density at radius 1 is 1.27 bits per heavy atom. The molecule has 0 bridgehead atoms. The average molecular weight is 235 g/mol. The highest BCUT2D eigenvalue weighted by Crippen LogP contribution is 2.20. The Bertz CT molecular complexity index is 213. The summed E-state index contributed by atoms with van der Waals surface area (Å²) in [6.07, 6.45) is 2.71. The number of ether oxygens (including phenoxy) is 1. The summed E-state index contributed by atoms with van der Waals surface area (Å²) in [7, 11) is 0. The van der Waals surface area contributed by atoms with E-state index >= 15 is 0 Å². The quantitative estimate of drug-likeness (QED) is 0.715. The molecule has 2 aliphatic heterocycles. The van der Waals surface area contributed by atoms with Crippen LogP contribution in [0.2, 0.25) is 0 Å². The lowest BCUT2D eigenvalue weighted by atomic mass is 9.99. The Hall–Kier alpha value is -0.320. The summed E-state index contributed by atoms with van der Waals surface area (Å²) in [6.45, 7) is 3.06. The minimum atomic E-state index is 0. The molecule has 0 aromatic rings. The molecular formula is C10H19ClN2O2. The van der Waals surface area contributed by atoms with Gasteiger partial charge in [-0.3, -0.25) is 4.79 Å². The van der Waals surface area contributed by atoms with E-state index in [2.05, 4.69) is 0 Å². The van der Waals surface area contributed by atoms with Crippen LogP contribution in [0.3, 0.4) is 0 Å². The van der Waals surface area contributed by atoms with Crippen LogP contribution in [0.1, 0.15) is 19.3 Å². The van der Waals surface area contributed by atoms with Crippen molar-refractivity contribution in [3.05, 3.63) is 0 Å². The summed E-state index contributed by atoms with van der Waals surface area (Å²) in [6, 6.07) is 0.193. The Balaban J connectivity index is 0.00000112. The van der Waals surface area contributed by atoms with Crippen LogP contribution in [-0.2, 0) is 9.53 Å². The highest BCUT2D eigenvalue weighted by atomic mass is 35.5. The Morgan fingerprint density at radius 3 is 2.47 bits per heavy atom. The number of hydrogen-bond donors (Lipinski definition) is 1. The molecule has 2 saturated heterocycles. The van der Waals surface area contributed by atoms with Crippen LogP contribution >= 0.6 is 12.4 Å². The van der Waals surface area contributed by atoms with E-state index in [1.165, 1.54) is 0 Å². The molecule has 0 spiro atoms. The average Bonchev–Trinajstić information content (AvgIpc) is 2.65. The standard InChI is InChI=1S/C10H18N2O2.ClH/c11-9-1-4-12(7-9)10(13)8-2-5-14-6-3-8;/h8-9H,1-7,11H2;1H/t9-;/m1./s1. The van der Waals surface area contributed by atoms with E-state index in [4.69, 9.17) is 10.5 Å². The molecule has 0 aromatic heterocycles. The van der Waals surface area contributed by atoms with Crippen LogP contribution in [0, 0.1) is 5.92 Å². The van der Waals surface area contributed by atoms with Crippen molar-refractivity contribution < 1.29 is 9.53 Å². The zero-order chi connectivity index (χ0) is 9.97. The molecule has 0 aliphatic carbocycles. The van der Waals surface area contributed by atoms with E-state index < -0.39 is 0 Å². The van der Waals surface area contributed by atoms with Crippen LogP contribution in [-0.4, -0.2) is 43.2 Å². The van der Waals surface area contributed by atoms with E-state index in [1.807, 2.05) is 4.90 Å². The maximum atomic E-state index is 12.0. The molecule has 15 heavy (non-hydrogen) atoms. The van der Waals surface area contributed by atoms with Crippen molar-refractivity contribution in [2.75, 3.05) is 26.3 Å². The predicted octanol–water partition coefficient (Wildman–Crippen LogP) is 0.394. The second-order valence-electron chi connectivity index (χ2n) is 4.22. The fourth-order valence-corrected chi connectivity index (χ4v) is 2.19. The molecule has 2 rings (SSSR count). The smallest absolute Gasteiger partial charge is 0.225 e. The van der Waals surface area contributed by atoms with Crippen molar-refractivity contribution in [2.24, 2.45) is 11.7 Å². The van der Waals surface area contributed by atoms with Gasteiger partial charge < -0.3 is 15.4 Å². The van der Waals surface area contributed by atoms with E-state index in [1.54, 1.807) is 0 Å². The van der Waals surface area contributed by atoms with Gasteiger partial charge in [-0.25, -0.2) is 0 Å². The first-order valence-corrected chi connectivity index (χ1v) is 5.39. The summed E-state index contributed by atoms with van der Waals surface area (Å²) >= 11 is 0. The SMILES string of the molecule is Cl.N[C@@H]1CCN(C(=O)C2CCOCC2)C1. The number of nitrogens with zero attached hydrogens (tertiary/aromatic N) is 1. The lowest BCUT2D eigenvalue weighted by Crippen LogP contribution is -2.38. The third kappa shape index (κ3) is 3.06. The second-order valence-corrected chi connectivity index (χ2v) is 4.22. The molecule has 88 valence electrons. The van der Waals surface area contributed by atoms with Crippen LogP contribution < -0.4 is 5.73 Å². The third-order valence-electron chi connectivity index (χ3n) is 3.11. The third-order valence-corrected chi connectivity index (χ3v) is 3.11. The van der Waals surface area contributed by atoms with Crippen molar-refractivity contribution >= 4 is 18.3 Å². The monoisotopic (exact) mass is 234 g/mol. The largest absolute Gasteiger partial charge is 0.381 e.